The minimum atomic E-state index is -0.820. The number of aliphatic carboxylic acids is 1. The number of carbonyl (C=O) groups is 1. The smallest absolute Gasteiger partial charge is 0.330 e. The molecule has 1 N–H and O–H groups in total. The number of rotatable bonds is 4. The number of carboxylic acids is 1. The van der Waals surface area contributed by atoms with E-state index in [-0.39, 0.29) is 5.41 Å². The Morgan fingerprint density at radius 3 is 2.33 bits per heavy atom. The average molecular weight is 170 g/mol. The van der Waals surface area contributed by atoms with Crippen molar-refractivity contribution >= 4 is 5.97 Å². The summed E-state index contributed by atoms with van der Waals surface area (Å²) in [4.78, 5) is 10.5. The lowest BCUT2D eigenvalue weighted by atomic mass is 9.86. The minimum absolute atomic E-state index is 0.0111. The summed E-state index contributed by atoms with van der Waals surface area (Å²) in [5, 5.41) is 8.65. The van der Waals surface area contributed by atoms with Crippen LogP contribution in [0.4, 0.5) is 0 Å². The van der Waals surface area contributed by atoms with E-state index in [1.54, 1.807) is 6.92 Å². The molecule has 0 saturated carbocycles. The van der Waals surface area contributed by atoms with Crippen molar-refractivity contribution in [2.45, 2.75) is 40.5 Å². The van der Waals surface area contributed by atoms with Gasteiger partial charge >= 0.3 is 5.97 Å². The van der Waals surface area contributed by atoms with Gasteiger partial charge < -0.3 is 5.11 Å². The van der Waals surface area contributed by atoms with Crippen LogP contribution in [0.1, 0.15) is 40.5 Å². The fraction of sp³-hybridized carbons (Fsp3) is 0.700. The molecule has 0 atom stereocenters. The molecule has 0 aliphatic rings. The van der Waals surface area contributed by atoms with Crippen LogP contribution in [0.15, 0.2) is 11.6 Å². The third-order valence-electron chi connectivity index (χ3n) is 1.84. The van der Waals surface area contributed by atoms with E-state index in [4.69, 9.17) is 5.11 Å². The van der Waals surface area contributed by atoms with Crippen molar-refractivity contribution < 1.29 is 9.90 Å². The van der Waals surface area contributed by atoms with Crippen molar-refractivity contribution in [2.75, 3.05) is 0 Å². The molecule has 0 spiro atoms. The van der Waals surface area contributed by atoms with Gasteiger partial charge in [0.15, 0.2) is 0 Å². The summed E-state index contributed by atoms with van der Waals surface area (Å²) < 4.78 is 0. The van der Waals surface area contributed by atoms with Gasteiger partial charge in [0.05, 0.1) is 0 Å². The lowest BCUT2D eigenvalue weighted by molar-refractivity contribution is -0.132. The Labute approximate surface area is 74.3 Å². The molecule has 70 valence electrons. The predicted octanol–water partition coefficient (Wildman–Crippen LogP) is 2.84. The lowest BCUT2D eigenvalue weighted by Gasteiger charge is -2.19. The van der Waals surface area contributed by atoms with Gasteiger partial charge in [-0.1, -0.05) is 33.3 Å². The van der Waals surface area contributed by atoms with Crippen LogP contribution < -0.4 is 0 Å². The maximum atomic E-state index is 10.5. The van der Waals surface area contributed by atoms with Gasteiger partial charge in [-0.05, 0) is 18.8 Å². The van der Waals surface area contributed by atoms with Crippen LogP contribution in [-0.4, -0.2) is 11.1 Å². The maximum absolute atomic E-state index is 10.5. The molecule has 0 unspecified atom stereocenters. The highest BCUT2D eigenvalue weighted by atomic mass is 16.4. The highest BCUT2D eigenvalue weighted by Gasteiger charge is 2.15. The molecule has 0 saturated heterocycles. The van der Waals surface area contributed by atoms with E-state index in [0.717, 1.165) is 12.8 Å². The van der Waals surface area contributed by atoms with E-state index in [0.29, 0.717) is 5.57 Å². The first-order valence-corrected chi connectivity index (χ1v) is 4.32. The fourth-order valence-electron chi connectivity index (χ4n) is 1.36. The van der Waals surface area contributed by atoms with Gasteiger partial charge in [-0.15, -0.1) is 0 Å². The zero-order valence-electron chi connectivity index (χ0n) is 8.35. The summed E-state index contributed by atoms with van der Waals surface area (Å²) in [6.45, 7) is 7.86. The normalized spacial score (nSPS) is 13.2. The van der Waals surface area contributed by atoms with Crippen LogP contribution >= 0.6 is 0 Å². The Morgan fingerprint density at radius 2 is 2.00 bits per heavy atom. The summed E-state index contributed by atoms with van der Waals surface area (Å²) in [6, 6.07) is 0. The second-order valence-electron chi connectivity index (χ2n) is 3.87. The molecule has 0 aliphatic heterocycles. The van der Waals surface area contributed by atoms with Crippen LogP contribution in [0.2, 0.25) is 0 Å². The zero-order chi connectivity index (χ0) is 9.78. The topological polar surface area (TPSA) is 37.3 Å². The van der Waals surface area contributed by atoms with Gasteiger partial charge in [0.1, 0.15) is 0 Å². The molecule has 0 aromatic carbocycles. The van der Waals surface area contributed by atoms with Gasteiger partial charge in [-0.2, -0.15) is 0 Å². The quantitative estimate of drug-likeness (QED) is 0.659. The van der Waals surface area contributed by atoms with Gasteiger partial charge in [-0.3, -0.25) is 0 Å². The van der Waals surface area contributed by atoms with Crippen molar-refractivity contribution in [3.8, 4) is 0 Å². The number of hydrogen-bond donors (Lipinski definition) is 1. The Balaban J connectivity index is 4.38. The number of hydrogen-bond acceptors (Lipinski definition) is 1. The average Bonchev–Trinajstić information content (AvgIpc) is 1.85. The van der Waals surface area contributed by atoms with E-state index in [1.165, 1.54) is 0 Å². The van der Waals surface area contributed by atoms with E-state index >= 15 is 0 Å². The Bertz CT molecular complexity index is 190. The van der Waals surface area contributed by atoms with Crippen LogP contribution in [-0.2, 0) is 4.79 Å². The van der Waals surface area contributed by atoms with E-state index in [1.807, 2.05) is 6.08 Å². The summed E-state index contributed by atoms with van der Waals surface area (Å²) >= 11 is 0. The molecule has 0 bridgehead atoms. The first kappa shape index (κ1) is 11.2. The number of allylic oxidation sites excluding steroid dienone is 1. The van der Waals surface area contributed by atoms with Gasteiger partial charge in [-0.25, -0.2) is 4.79 Å². The molecule has 12 heavy (non-hydrogen) atoms. The second-order valence-corrected chi connectivity index (χ2v) is 3.87. The highest BCUT2D eigenvalue weighted by molar-refractivity contribution is 5.85. The summed E-state index contributed by atoms with van der Waals surface area (Å²) in [5.74, 6) is -0.820. The molecular formula is C10H18O2. The number of carboxylic acid groups (broad SMARTS) is 1. The summed E-state index contributed by atoms with van der Waals surface area (Å²) in [6.07, 6.45) is 3.94. The summed E-state index contributed by atoms with van der Waals surface area (Å²) in [5.41, 5.74) is 0.450. The Hall–Kier alpha value is -0.790. The van der Waals surface area contributed by atoms with Crippen LogP contribution in [0.25, 0.3) is 0 Å². The first-order valence-electron chi connectivity index (χ1n) is 4.32. The van der Waals surface area contributed by atoms with Crippen molar-refractivity contribution in [2.24, 2.45) is 5.41 Å². The zero-order valence-corrected chi connectivity index (χ0v) is 8.35. The van der Waals surface area contributed by atoms with Crippen molar-refractivity contribution in [3.63, 3.8) is 0 Å². The Morgan fingerprint density at radius 1 is 1.50 bits per heavy atom. The fourth-order valence-corrected chi connectivity index (χ4v) is 1.36. The highest BCUT2D eigenvalue weighted by Crippen LogP contribution is 2.25. The Kier molecular flexibility index (Phi) is 4.01. The monoisotopic (exact) mass is 170 g/mol. The molecule has 0 heterocycles. The van der Waals surface area contributed by atoms with E-state index < -0.39 is 5.97 Å². The molecule has 0 aliphatic carbocycles. The van der Waals surface area contributed by atoms with Crippen LogP contribution in [0, 0.1) is 5.41 Å². The molecule has 0 rings (SSSR count). The minimum Gasteiger partial charge on any atom is -0.478 e. The molecular weight excluding hydrogens is 152 g/mol. The molecule has 0 radical (unpaired) electrons. The first-order chi connectivity index (χ1) is 5.39. The lowest BCUT2D eigenvalue weighted by Crippen LogP contribution is -2.10. The third kappa shape index (κ3) is 4.16. The molecule has 2 heteroatoms. The molecule has 2 nitrogen and oxygen atoms in total. The summed E-state index contributed by atoms with van der Waals surface area (Å²) in [7, 11) is 0. The third-order valence-corrected chi connectivity index (χ3v) is 1.84. The van der Waals surface area contributed by atoms with Crippen molar-refractivity contribution in [3.05, 3.63) is 11.6 Å². The van der Waals surface area contributed by atoms with Gasteiger partial charge in [0.2, 0.25) is 0 Å². The van der Waals surface area contributed by atoms with Crippen LogP contribution in [0.5, 0.6) is 0 Å². The van der Waals surface area contributed by atoms with E-state index in [2.05, 4.69) is 20.8 Å². The second kappa shape index (κ2) is 4.29. The SMILES string of the molecule is CCCC(C)(C)/C=C(\C)C(=O)O. The van der Waals surface area contributed by atoms with Crippen LogP contribution in [0.3, 0.4) is 0 Å². The van der Waals surface area contributed by atoms with Crippen molar-refractivity contribution in [1.82, 2.24) is 0 Å². The van der Waals surface area contributed by atoms with Gasteiger partial charge in [0, 0.05) is 5.57 Å². The molecule has 0 fully saturated rings. The van der Waals surface area contributed by atoms with Gasteiger partial charge in [0.25, 0.3) is 0 Å². The largest absolute Gasteiger partial charge is 0.478 e. The van der Waals surface area contributed by atoms with Crippen molar-refractivity contribution in [1.29, 1.82) is 0 Å². The predicted molar refractivity (Wildman–Crippen MR) is 50.1 cm³/mol. The standard InChI is InChI=1S/C10H18O2/c1-5-6-10(3,4)7-8(2)9(11)12/h7H,5-6H2,1-4H3,(H,11,12)/b8-7+. The maximum Gasteiger partial charge on any atom is 0.330 e. The van der Waals surface area contributed by atoms with E-state index in [9.17, 15) is 4.79 Å². The molecule has 0 aromatic heterocycles. The molecule has 0 amide bonds. The molecule has 0 aromatic rings.